The molecular formula is C16H15IO4. The van der Waals surface area contributed by atoms with E-state index in [2.05, 4.69) is 22.6 Å². The maximum Gasteiger partial charge on any atom is 0.200 e. The van der Waals surface area contributed by atoms with Gasteiger partial charge in [-0.2, -0.15) is 0 Å². The Labute approximate surface area is 137 Å². The lowest BCUT2D eigenvalue weighted by molar-refractivity contribution is 0.0920. The van der Waals surface area contributed by atoms with Gasteiger partial charge in [0.2, 0.25) is 0 Å². The zero-order valence-corrected chi connectivity index (χ0v) is 13.9. The second kappa shape index (κ2) is 7.31. The van der Waals surface area contributed by atoms with Gasteiger partial charge < -0.3 is 14.2 Å². The Kier molecular flexibility index (Phi) is 5.44. The van der Waals surface area contributed by atoms with Crippen molar-refractivity contribution in [2.24, 2.45) is 0 Å². The van der Waals surface area contributed by atoms with E-state index in [9.17, 15) is 4.79 Å². The Balaban J connectivity index is 2.09. The van der Waals surface area contributed by atoms with Crippen molar-refractivity contribution in [1.29, 1.82) is 0 Å². The number of hydrogen-bond donors (Lipinski definition) is 0. The highest BCUT2D eigenvalue weighted by atomic mass is 127. The van der Waals surface area contributed by atoms with Crippen LogP contribution in [0.1, 0.15) is 10.4 Å². The third-order valence-electron chi connectivity index (χ3n) is 2.90. The van der Waals surface area contributed by atoms with Crippen LogP contribution in [0, 0.1) is 3.57 Å². The van der Waals surface area contributed by atoms with E-state index in [0.717, 1.165) is 3.57 Å². The Bertz CT molecular complexity index is 640. The Morgan fingerprint density at radius 1 is 1.00 bits per heavy atom. The number of Topliss-reactive ketones (excluding diaryl/α,β-unsaturated/α-hetero) is 1. The summed E-state index contributed by atoms with van der Waals surface area (Å²) in [6, 6.07) is 12.6. The maximum absolute atomic E-state index is 12.2. The zero-order chi connectivity index (χ0) is 15.2. The number of methoxy groups -OCH3 is 2. The van der Waals surface area contributed by atoms with Crippen molar-refractivity contribution in [3.05, 3.63) is 51.6 Å². The fourth-order valence-electron chi connectivity index (χ4n) is 1.80. The van der Waals surface area contributed by atoms with Crippen LogP contribution in [0.3, 0.4) is 0 Å². The lowest BCUT2D eigenvalue weighted by Crippen LogP contribution is -2.12. The van der Waals surface area contributed by atoms with Crippen molar-refractivity contribution < 1.29 is 19.0 Å². The quantitative estimate of drug-likeness (QED) is 0.552. The first-order valence-corrected chi connectivity index (χ1v) is 7.36. The van der Waals surface area contributed by atoms with E-state index in [-0.39, 0.29) is 12.4 Å². The average molecular weight is 398 g/mol. The summed E-state index contributed by atoms with van der Waals surface area (Å²) < 4.78 is 16.9. The predicted molar refractivity (Wildman–Crippen MR) is 88.5 cm³/mol. The van der Waals surface area contributed by atoms with E-state index in [4.69, 9.17) is 14.2 Å². The fraction of sp³-hybridized carbons (Fsp3) is 0.188. The zero-order valence-electron chi connectivity index (χ0n) is 11.8. The SMILES string of the molecule is COc1ccc(C(=O)COc2ccccc2I)cc1OC. The topological polar surface area (TPSA) is 44.8 Å². The maximum atomic E-state index is 12.2. The molecule has 0 aromatic heterocycles. The Morgan fingerprint density at radius 2 is 1.71 bits per heavy atom. The van der Waals surface area contributed by atoms with Crippen LogP contribution in [0.2, 0.25) is 0 Å². The van der Waals surface area contributed by atoms with Crippen LogP contribution in [0.4, 0.5) is 0 Å². The number of carbonyl (C=O) groups excluding carboxylic acids is 1. The standard InChI is InChI=1S/C16H15IO4/c1-19-15-8-7-11(9-16(15)20-2)13(18)10-21-14-6-4-3-5-12(14)17/h3-9H,10H2,1-2H3. The molecule has 2 aromatic carbocycles. The van der Waals surface area contributed by atoms with E-state index in [1.165, 1.54) is 7.11 Å². The van der Waals surface area contributed by atoms with E-state index < -0.39 is 0 Å². The van der Waals surface area contributed by atoms with Gasteiger partial charge in [-0.3, -0.25) is 4.79 Å². The molecule has 0 aliphatic carbocycles. The van der Waals surface area contributed by atoms with Gasteiger partial charge in [0.15, 0.2) is 23.9 Å². The second-order valence-corrected chi connectivity index (χ2v) is 5.37. The van der Waals surface area contributed by atoms with Gasteiger partial charge in [-0.1, -0.05) is 12.1 Å². The average Bonchev–Trinajstić information content (AvgIpc) is 2.53. The predicted octanol–water partition coefficient (Wildman–Crippen LogP) is 3.57. The molecule has 0 N–H and O–H groups in total. The number of ether oxygens (including phenoxy) is 3. The molecule has 2 rings (SSSR count). The largest absolute Gasteiger partial charge is 0.493 e. The van der Waals surface area contributed by atoms with Crippen LogP contribution in [-0.2, 0) is 0 Å². The summed E-state index contributed by atoms with van der Waals surface area (Å²) >= 11 is 2.17. The molecule has 0 saturated carbocycles. The molecule has 0 atom stereocenters. The summed E-state index contributed by atoms with van der Waals surface area (Å²) in [5, 5.41) is 0. The molecule has 0 spiro atoms. The van der Waals surface area contributed by atoms with Crippen molar-refractivity contribution in [3.8, 4) is 17.2 Å². The molecule has 0 aliphatic rings. The van der Waals surface area contributed by atoms with Gasteiger partial charge in [0.05, 0.1) is 17.8 Å². The minimum atomic E-state index is -0.115. The van der Waals surface area contributed by atoms with Gasteiger partial charge in [0.1, 0.15) is 5.75 Å². The molecule has 0 aliphatic heterocycles. The summed E-state index contributed by atoms with van der Waals surface area (Å²) in [4.78, 5) is 12.2. The van der Waals surface area contributed by atoms with Crippen molar-refractivity contribution in [3.63, 3.8) is 0 Å². The van der Waals surface area contributed by atoms with Crippen LogP contribution in [0.25, 0.3) is 0 Å². The van der Waals surface area contributed by atoms with E-state index in [1.807, 2.05) is 24.3 Å². The summed E-state index contributed by atoms with van der Waals surface area (Å²) in [5.41, 5.74) is 0.526. The van der Waals surface area contributed by atoms with E-state index in [1.54, 1.807) is 25.3 Å². The number of hydrogen-bond acceptors (Lipinski definition) is 4. The molecule has 0 bridgehead atoms. The highest BCUT2D eigenvalue weighted by Gasteiger charge is 2.12. The van der Waals surface area contributed by atoms with Crippen LogP contribution in [0.5, 0.6) is 17.2 Å². The molecular weight excluding hydrogens is 383 g/mol. The summed E-state index contributed by atoms with van der Waals surface area (Å²) in [6.07, 6.45) is 0. The molecule has 0 unspecified atom stereocenters. The first kappa shape index (κ1) is 15.6. The van der Waals surface area contributed by atoms with Crippen LogP contribution in [-0.4, -0.2) is 26.6 Å². The number of rotatable bonds is 6. The highest BCUT2D eigenvalue weighted by molar-refractivity contribution is 14.1. The van der Waals surface area contributed by atoms with Gasteiger partial charge in [-0.05, 0) is 52.9 Å². The fourth-order valence-corrected chi connectivity index (χ4v) is 2.34. The number of para-hydroxylation sites is 1. The molecule has 110 valence electrons. The van der Waals surface area contributed by atoms with Crippen LogP contribution in [0.15, 0.2) is 42.5 Å². The third kappa shape index (κ3) is 3.87. The Morgan fingerprint density at radius 3 is 2.38 bits per heavy atom. The minimum absolute atomic E-state index is 0.0184. The smallest absolute Gasteiger partial charge is 0.200 e. The molecule has 0 radical (unpaired) electrons. The highest BCUT2D eigenvalue weighted by Crippen LogP contribution is 2.28. The van der Waals surface area contributed by atoms with Gasteiger partial charge in [0.25, 0.3) is 0 Å². The normalized spacial score (nSPS) is 10.0. The minimum Gasteiger partial charge on any atom is -0.493 e. The van der Waals surface area contributed by atoms with Crippen molar-refractivity contribution in [2.75, 3.05) is 20.8 Å². The monoisotopic (exact) mass is 398 g/mol. The number of halogens is 1. The van der Waals surface area contributed by atoms with Gasteiger partial charge >= 0.3 is 0 Å². The summed E-state index contributed by atoms with van der Waals surface area (Å²) in [6.45, 7) is -0.0184. The van der Waals surface area contributed by atoms with Crippen molar-refractivity contribution in [1.82, 2.24) is 0 Å². The van der Waals surface area contributed by atoms with Gasteiger partial charge in [-0.25, -0.2) is 0 Å². The molecule has 5 heteroatoms. The lowest BCUT2D eigenvalue weighted by atomic mass is 10.1. The molecule has 0 fully saturated rings. The molecule has 21 heavy (non-hydrogen) atoms. The summed E-state index contributed by atoms with van der Waals surface area (Å²) in [7, 11) is 3.09. The van der Waals surface area contributed by atoms with E-state index in [0.29, 0.717) is 22.8 Å². The molecule has 2 aromatic rings. The van der Waals surface area contributed by atoms with E-state index >= 15 is 0 Å². The van der Waals surface area contributed by atoms with Crippen molar-refractivity contribution in [2.45, 2.75) is 0 Å². The van der Waals surface area contributed by atoms with Gasteiger partial charge in [0, 0.05) is 5.56 Å². The summed E-state index contributed by atoms with van der Waals surface area (Å²) in [5.74, 6) is 1.70. The number of benzene rings is 2. The molecule has 0 saturated heterocycles. The molecule has 4 nitrogen and oxygen atoms in total. The first-order chi connectivity index (χ1) is 10.2. The third-order valence-corrected chi connectivity index (χ3v) is 3.79. The second-order valence-electron chi connectivity index (χ2n) is 4.21. The molecule has 0 amide bonds. The van der Waals surface area contributed by atoms with Gasteiger partial charge in [-0.15, -0.1) is 0 Å². The molecule has 0 heterocycles. The first-order valence-electron chi connectivity index (χ1n) is 6.28. The Hall–Kier alpha value is -1.76. The number of carbonyl (C=O) groups is 1. The van der Waals surface area contributed by atoms with Crippen LogP contribution < -0.4 is 14.2 Å². The van der Waals surface area contributed by atoms with Crippen molar-refractivity contribution >= 4 is 28.4 Å². The lowest BCUT2D eigenvalue weighted by Gasteiger charge is -2.10. The van der Waals surface area contributed by atoms with Crippen LogP contribution >= 0.6 is 22.6 Å². The number of ketones is 1.